The number of amides is 2. The van der Waals surface area contributed by atoms with E-state index in [4.69, 9.17) is 0 Å². The number of urea groups is 1. The van der Waals surface area contributed by atoms with E-state index in [0.717, 1.165) is 16.5 Å². The van der Waals surface area contributed by atoms with E-state index < -0.39 is 0 Å². The van der Waals surface area contributed by atoms with Crippen LogP contribution in [0.4, 0.5) is 4.79 Å². The maximum atomic E-state index is 11.9. The van der Waals surface area contributed by atoms with Crippen LogP contribution in [0.3, 0.4) is 0 Å². The molecule has 2 aromatic rings. The van der Waals surface area contributed by atoms with Crippen molar-refractivity contribution in [2.45, 2.75) is 38.1 Å². The van der Waals surface area contributed by atoms with Crippen molar-refractivity contribution in [3.05, 3.63) is 41.7 Å². The van der Waals surface area contributed by atoms with E-state index in [1.807, 2.05) is 41.2 Å². The first kappa shape index (κ1) is 16.4. The molecule has 2 N–H and O–H groups in total. The summed E-state index contributed by atoms with van der Waals surface area (Å²) in [6.45, 7) is 5.00. The predicted octanol–water partition coefficient (Wildman–Crippen LogP) is 2.58. The lowest BCUT2D eigenvalue weighted by Crippen LogP contribution is -2.35. The van der Waals surface area contributed by atoms with Crippen LogP contribution in [0.5, 0.6) is 0 Å². The van der Waals surface area contributed by atoms with Crippen LogP contribution in [0.2, 0.25) is 0 Å². The van der Waals surface area contributed by atoms with Crippen LogP contribution in [0.15, 0.2) is 35.5 Å². The van der Waals surface area contributed by atoms with E-state index in [-0.39, 0.29) is 12.1 Å². The average Bonchev–Trinajstić information content (AvgIpc) is 2.95. The largest absolute Gasteiger partial charge is 0.334 e. The fourth-order valence-corrected chi connectivity index (χ4v) is 2.72. The second-order valence-electron chi connectivity index (χ2n) is 5.09. The molecular weight excluding hydrogens is 298 g/mol. The molecular formula is C15H21N5OS. The molecule has 0 saturated carbocycles. The van der Waals surface area contributed by atoms with Gasteiger partial charge >= 0.3 is 6.03 Å². The van der Waals surface area contributed by atoms with Crippen molar-refractivity contribution in [1.82, 2.24) is 25.4 Å². The number of hydrogen-bond donors (Lipinski definition) is 2. The predicted molar refractivity (Wildman–Crippen MR) is 87.7 cm³/mol. The number of carbonyl (C=O) groups excluding carboxylic acids is 1. The van der Waals surface area contributed by atoms with Gasteiger partial charge in [0.2, 0.25) is 0 Å². The van der Waals surface area contributed by atoms with Gasteiger partial charge in [0, 0.05) is 12.6 Å². The molecule has 0 radical (unpaired) electrons. The van der Waals surface area contributed by atoms with Crippen LogP contribution in [-0.4, -0.2) is 27.1 Å². The maximum absolute atomic E-state index is 11.9. The van der Waals surface area contributed by atoms with Crippen molar-refractivity contribution in [1.29, 1.82) is 0 Å². The zero-order valence-electron chi connectivity index (χ0n) is 13.0. The molecule has 1 aromatic heterocycles. The van der Waals surface area contributed by atoms with Gasteiger partial charge in [0.1, 0.15) is 0 Å². The lowest BCUT2D eigenvalue weighted by Gasteiger charge is -2.13. The number of aromatic nitrogens is 3. The van der Waals surface area contributed by atoms with Crippen molar-refractivity contribution in [2.24, 2.45) is 0 Å². The highest BCUT2D eigenvalue weighted by atomic mass is 32.2. The Kier molecular flexibility index (Phi) is 5.83. The molecule has 0 unspecified atom stereocenters. The number of nitrogens with zero attached hydrogens (tertiary/aromatic N) is 3. The SMILES string of the molecule is CSc1nnc(CNC(=O)NCc2ccccc2)n1C(C)C. The first-order valence-corrected chi connectivity index (χ1v) is 8.37. The number of carbonyl (C=O) groups is 1. The maximum Gasteiger partial charge on any atom is 0.315 e. The Hall–Kier alpha value is -2.02. The summed E-state index contributed by atoms with van der Waals surface area (Å²) in [5.41, 5.74) is 1.06. The molecule has 6 nitrogen and oxygen atoms in total. The van der Waals surface area contributed by atoms with Gasteiger partial charge in [-0.05, 0) is 25.7 Å². The van der Waals surface area contributed by atoms with Gasteiger partial charge in [-0.1, -0.05) is 42.1 Å². The van der Waals surface area contributed by atoms with Crippen molar-refractivity contribution < 1.29 is 4.79 Å². The van der Waals surface area contributed by atoms with E-state index in [2.05, 4.69) is 34.7 Å². The Labute approximate surface area is 134 Å². The molecule has 22 heavy (non-hydrogen) atoms. The number of nitrogens with one attached hydrogen (secondary N) is 2. The van der Waals surface area contributed by atoms with Crippen molar-refractivity contribution in [3.63, 3.8) is 0 Å². The molecule has 0 aliphatic heterocycles. The summed E-state index contributed by atoms with van der Waals surface area (Å²) < 4.78 is 2.03. The summed E-state index contributed by atoms with van der Waals surface area (Å²) >= 11 is 1.55. The second-order valence-corrected chi connectivity index (χ2v) is 5.86. The molecule has 118 valence electrons. The molecule has 0 aliphatic carbocycles. The topological polar surface area (TPSA) is 71.8 Å². The van der Waals surface area contributed by atoms with Gasteiger partial charge in [0.25, 0.3) is 0 Å². The Morgan fingerprint density at radius 2 is 1.86 bits per heavy atom. The first-order chi connectivity index (χ1) is 10.6. The van der Waals surface area contributed by atoms with E-state index >= 15 is 0 Å². The third-order valence-electron chi connectivity index (χ3n) is 3.14. The van der Waals surface area contributed by atoms with Gasteiger partial charge in [-0.3, -0.25) is 0 Å². The number of rotatable bonds is 6. The highest BCUT2D eigenvalue weighted by Gasteiger charge is 2.14. The Balaban J connectivity index is 1.87. The molecule has 0 aliphatic rings. The van der Waals surface area contributed by atoms with Crippen LogP contribution >= 0.6 is 11.8 Å². The van der Waals surface area contributed by atoms with Gasteiger partial charge in [-0.2, -0.15) is 0 Å². The van der Waals surface area contributed by atoms with Gasteiger partial charge in [-0.25, -0.2) is 4.79 Å². The van der Waals surface area contributed by atoms with Crippen LogP contribution in [-0.2, 0) is 13.1 Å². The minimum atomic E-state index is -0.215. The van der Waals surface area contributed by atoms with Crippen LogP contribution in [0, 0.1) is 0 Å². The van der Waals surface area contributed by atoms with Crippen molar-refractivity contribution >= 4 is 17.8 Å². The third kappa shape index (κ3) is 4.24. The van der Waals surface area contributed by atoms with Gasteiger partial charge in [0.05, 0.1) is 6.54 Å². The summed E-state index contributed by atoms with van der Waals surface area (Å²) in [5.74, 6) is 0.759. The standard InChI is InChI=1S/C15H21N5OS/c1-11(2)20-13(18-19-15(20)22-3)10-17-14(21)16-9-12-7-5-4-6-8-12/h4-8,11H,9-10H2,1-3H3,(H2,16,17,21). The fraction of sp³-hybridized carbons (Fsp3) is 0.400. The van der Waals surface area contributed by atoms with E-state index in [0.29, 0.717) is 13.1 Å². The molecule has 2 amide bonds. The monoisotopic (exact) mass is 319 g/mol. The number of hydrogen-bond acceptors (Lipinski definition) is 4. The third-order valence-corrected chi connectivity index (χ3v) is 3.78. The van der Waals surface area contributed by atoms with Gasteiger partial charge < -0.3 is 15.2 Å². The zero-order chi connectivity index (χ0) is 15.9. The minimum absolute atomic E-state index is 0.215. The summed E-state index contributed by atoms with van der Waals surface area (Å²) in [6.07, 6.45) is 1.96. The molecule has 2 rings (SSSR count). The van der Waals surface area contributed by atoms with E-state index in [1.54, 1.807) is 11.8 Å². The Bertz CT molecular complexity index is 612. The molecule has 1 aromatic carbocycles. The zero-order valence-corrected chi connectivity index (χ0v) is 13.9. The second kappa shape index (κ2) is 7.84. The summed E-state index contributed by atoms with van der Waals surface area (Å²) in [7, 11) is 0. The lowest BCUT2D eigenvalue weighted by molar-refractivity contribution is 0.239. The summed E-state index contributed by atoms with van der Waals surface area (Å²) in [4.78, 5) is 11.9. The van der Waals surface area contributed by atoms with E-state index in [1.165, 1.54) is 0 Å². The highest BCUT2D eigenvalue weighted by molar-refractivity contribution is 7.98. The normalized spacial score (nSPS) is 10.7. The van der Waals surface area contributed by atoms with E-state index in [9.17, 15) is 4.79 Å². The molecule has 0 bridgehead atoms. The smallest absolute Gasteiger partial charge is 0.315 e. The van der Waals surface area contributed by atoms with Crippen molar-refractivity contribution in [3.8, 4) is 0 Å². The molecule has 0 atom stereocenters. The van der Waals surface area contributed by atoms with Gasteiger partial charge in [0.15, 0.2) is 11.0 Å². The molecule has 0 saturated heterocycles. The molecule has 0 spiro atoms. The molecule has 1 heterocycles. The summed E-state index contributed by atoms with van der Waals surface area (Å²) in [6, 6.07) is 9.83. The number of thioether (sulfide) groups is 1. The Morgan fingerprint density at radius 1 is 1.18 bits per heavy atom. The van der Waals surface area contributed by atoms with Crippen molar-refractivity contribution in [2.75, 3.05) is 6.26 Å². The summed E-state index contributed by atoms with van der Waals surface area (Å²) in [5, 5.41) is 14.8. The fourth-order valence-electron chi connectivity index (χ4n) is 2.09. The molecule has 7 heteroatoms. The average molecular weight is 319 g/mol. The molecule has 0 fully saturated rings. The lowest BCUT2D eigenvalue weighted by atomic mass is 10.2. The Morgan fingerprint density at radius 3 is 2.50 bits per heavy atom. The first-order valence-electron chi connectivity index (χ1n) is 7.15. The minimum Gasteiger partial charge on any atom is -0.334 e. The number of benzene rings is 1. The quantitative estimate of drug-likeness (QED) is 0.803. The van der Waals surface area contributed by atoms with Crippen LogP contribution in [0.25, 0.3) is 0 Å². The van der Waals surface area contributed by atoms with Crippen LogP contribution < -0.4 is 10.6 Å². The van der Waals surface area contributed by atoms with Gasteiger partial charge in [-0.15, -0.1) is 10.2 Å². The highest BCUT2D eigenvalue weighted by Crippen LogP contribution is 2.18. The van der Waals surface area contributed by atoms with Crippen LogP contribution in [0.1, 0.15) is 31.3 Å².